The van der Waals surface area contributed by atoms with Gasteiger partial charge in [-0.05, 0) is 272 Å². The SMILES string of the molecule is CC[C@@H](CC(=O)c1ccc(OC)nc1)C1CCC(c2ccnc(F)c2C)CC1.CC[C@@H](CC(=O)c1ccc(OC)nc1)C1CCC(c2ccnc(F)c2C)CC1.CC[C@H](CC(=O)c1ccc(OC)nc1)C1CCC(c2ccnc(F)c2C)CC1.CC[C@H](CC(=O)c1ccc(OC)nc1)C1CCC(c2ccnc(F)c2C)CC1. The number of ether oxygens (including phenoxy) is 4. The molecule has 0 N–H and O–H groups in total. The fourth-order valence-electron chi connectivity index (χ4n) is 18.1. The van der Waals surface area contributed by atoms with Gasteiger partial charge in [-0.1, -0.05) is 53.4 Å². The van der Waals surface area contributed by atoms with Crippen LogP contribution in [0.1, 0.15) is 291 Å². The Morgan fingerprint density at radius 3 is 0.643 bits per heavy atom. The number of Topliss-reactive ketones (excluding diaryl/α,β-unsaturated/α-hetero) is 4. The summed E-state index contributed by atoms with van der Waals surface area (Å²) in [4.78, 5) is 82.3. The summed E-state index contributed by atoms with van der Waals surface area (Å²) in [6, 6.07) is 21.9. The maximum Gasteiger partial charge on any atom is 0.216 e. The van der Waals surface area contributed by atoms with Crippen LogP contribution in [0.25, 0.3) is 0 Å². The smallest absolute Gasteiger partial charge is 0.216 e. The molecule has 8 aromatic heterocycles. The van der Waals surface area contributed by atoms with Gasteiger partial charge in [0, 0.05) is 144 Å². The second kappa shape index (κ2) is 43.2. The number of nitrogens with zero attached hydrogens (tertiary/aromatic N) is 8. The standard InChI is InChI=1S/4C23H29FN2O2/c4*1-4-16(13-21(27)19-9-10-22(28-3)26-14-19)17-5-7-18(8-6-17)20-11-12-25-23(24)15(20)2/h4*9-12,14,16-18H,4-8,13H2,1-3H3/t4*16-,17?,18?/m1100/s1. The molecule has 4 fully saturated rings. The molecule has 0 aromatic carbocycles. The lowest BCUT2D eigenvalue weighted by Gasteiger charge is -2.34. The number of halogens is 4. The van der Waals surface area contributed by atoms with E-state index in [1.165, 1.54) is 0 Å². The third-order valence-corrected chi connectivity index (χ3v) is 25.2. The lowest BCUT2D eigenvalue weighted by atomic mass is 9.71. The number of hydrogen-bond acceptors (Lipinski definition) is 16. The van der Waals surface area contributed by atoms with Crippen molar-refractivity contribution in [2.75, 3.05) is 28.4 Å². The summed E-state index contributed by atoms with van der Waals surface area (Å²) in [5.41, 5.74) is 9.71. The summed E-state index contributed by atoms with van der Waals surface area (Å²) in [7, 11) is 6.26. The first kappa shape index (κ1) is 86.8. The predicted octanol–water partition coefficient (Wildman–Crippen LogP) is 22.0. The van der Waals surface area contributed by atoms with Gasteiger partial charge in [0.05, 0.1) is 28.4 Å². The van der Waals surface area contributed by atoms with Gasteiger partial charge in [0.25, 0.3) is 0 Å². The maximum absolute atomic E-state index is 13.8. The van der Waals surface area contributed by atoms with Gasteiger partial charge < -0.3 is 18.9 Å². The molecule has 8 heterocycles. The molecule has 0 aliphatic heterocycles. The minimum Gasteiger partial charge on any atom is -0.481 e. The Kier molecular flexibility index (Phi) is 33.4. The first-order chi connectivity index (χ1) is 54.1. The second-order valence-corrected chi connectivity index (χ2v) is 31.3. The molecule has 4 saturated carbocycles. The zero-order valence-corrected chi connectivity index (χ0v) is 67.8. The Hall–Kier alpha value is -9.20. The number of aromatic nitrogens is 8. The van der Waals surface area contributed by atoms with E-state index >= 15 is 0 Å². The number of ketones is 4. The van der Waals surface area contributed by atoms with Crippen molar-refractivity contribution < 1.29 is 55.7 Å². The summed E-state index contributed by atoms with van der Waals surface area (Å²) < 4.78 is 75.4. The fourth-order valence-corrected chi connectivity index (χ4v) is 18.1. The first-order valence-electron chi connectivity index (χ1n) is 40.7. The van der Waals surface area contributed by atoms with E-state index in [1.54, 1.807) is 127 Å². The molecule has 0 bridgehead atoms. The summed E-state index contributed by atoms with van der Waals surface area (Å²) in [6.07, 6.45) is 35.9. The molecule has 0 unspecified atom stereocenters. The highest BCUT2D eigenvalue weighted by atomic mass is 19.1. The van der Waals surface area contributed by atoms with Crippen LogP contribution in [0, 0.1) is 98.8 Å². The van der Waals surface area contributed by atoms with Gasteiger partial charge in [-0.25, -0.2) is 39.9 Å². The Morgan fingerprint density at radius 2 is 0.491 bits per heavy atom. The average molecular weight is 1540 g/mol. The maximum atomic E-state index is 13.8. The molecule has 20 heteroatoms. The molecule has 4 atom stereocenters. The van der Waals surface area contributed by atoms with E-state index in [2.05, 4.69) is 67.6 Å². The molecular weight excluding hydrogens is 1420 g/mol. The molecule has 0 radical (unpaired) electrons. The molecule has 8 aromatic rings. The predicted molar refractivity (Wildman–Crippen MR) is 429 cm³/mol. The lowest BCUT2D eigenvalue weighted by Crippen LogP contribution is -2.23. The van der Waals surface area contributed by atoms with Crippen LogP contribution in [0.3, 0.4) is 0 Å². The third-order valence-electron chi connectivity index (χ3n) is 25.2. The molecular formula is C92H116F4N8O8. The Bertz CT molecular complexity index is 3740. The number of carbonyl (C=O) groups is 4. The van der Waals surface area contributed by atoms with Crippen molar-refractivity contribution in [3.63, 3.8) is 0 Å². The molecule has 12 rings (SSSR count). The summed E-state index contributed by atoms with van der Waals surface area (Å²) in [5, 5.41) is 0. The number of hydrogen-bond donors (Lipinski definition) is 0. The molecule has 0 amide bonds. The van der Waals surface area contributed by atoms with Crippen LogP contribution >= 0.6 is 0 Å². The van der Waals surface area contributed by atoms with E-state index in [9.17, 15) is 36.7 Å². The van der Waals surface area contributed by atoms with Gasteiger partial charge in [0.2, 0.25) is 47.3 Å². The first-order valence-corrected chi connectivity index (χ1v) is 40.7. The molecule has 0 spiro atoms. The lowest BCUT2D eigenvalue weighted by molar-refractivity contribution is 0.0917. The zero-order chi connectivity index (χ0) is 80.4. The molecule has 4 aliphatic carbocycles. The highest BCUT2D eigenvalue weighted by Crippen LogP contribution is 2.46. The minimum absolute atomic E-state index is 0.149. The Balaban J connectivity index is 0.000000171. The molecule has 600 valence electrons. The van der Waals surface area contributed by atoms with Gasteiger partial charge in [-0.15, -0.1) is 0 Å². The third kappa shape index (κ3) is 23.5. The van der Waals surface area contributed by atoms with E-state index in [1.807, 2.05) is 52.0 Å². The van der Waals surface area contributed by atoms with Crippen LogP contribution in [-0.4, -0.2) is 91.4 Å². The zero-order valence-electron chi connectivity index (χ0n) is 67.8. The van der Waals surface area contributed by atoms with Crippen molar-refractivity contribution in [2.45, 2.75) is 233 Å². The van der Waals surface area contributed by atoms with Crippen LogP contribution in [0.2, 0.25) is 0 Å². The largest absolute Gasteiger partial charge is 0.481 e. The van der Waals surface area contributed by atoms with Crippen molar-refractivity contribution in [2.24, 2.45) is 47.3 Å². The van der Waals surface area contributed by atoms with Gasteiger partial charge in [-0.3, -0.25) is 19.2 Å². The number of carbonyl (C=O) groups excluding carboxylic acids is 4. The normalized spacial score (nSPS) is 20.6. The van der Waals surface area contributed by atoms with Gasteiger partial charge in [0.1, 0.15) is 0 Å². The summed E-state index contributed by atoms with van der Waals surface area (Å²) in [6.45, 7) is 15.9. The topological polar surface area (TPSA) is 208 Å². The Morgan fingerprint density at radius 1 is 0.304 bits per heavy atom. The number of rotatable bonds is 28. The van der Waals surface area contributed by atoms with E-state index in [-0.39, 0.29) is 46.9 Å². The van der Waals surface area contributed by atoms with Crippen molar-refractivity contribution in [1.29, 1.82) is 0 Å². The monoisotopic (exact) mass is 1540 g/mol. The molecule has 4 aliphatic rings. The highest BCUT2D eigenvalue weighted by molar-refractivity contribution is 5.97. The van der Waals surface area contributed by atoms with Crippen LogP contribution in [0.5, 0.6) is 23.5 Å². The van der Waals surface area contributed by atoms with E-state index in [4.69, 9.17) is 18.9 Å². The van der Waals surface area contributed by atoms with Crippen LogP contribution in [-0.2, 0) is 0 Å². The van der Waals surface area contributed by atoms with Crippen molar-refractivity contribution in [3.8, 4) is 23.5 Å². The molecule has 0 saturated heterocycles. The van der Waals surface area contributed by atoms with Crippen molar-refractivity contribution in [1.82, 2.24) is 39.9 Å². The fraction of sp³-hybridized carbons (Fsp3) is 0.522. The number of methoxy groups -OCH3 is 4. The van der Waals surface area contributed by atoms with Crippen molar-refractivity contribution >= 4 is 23.1 Å². The summed E-state index contributed by atoms with van der Waals surface area (Å²) in [5.74, 6) is 6.53. The number of pyridine rings is 8. The molecule has 112 heavy (non-hydrogen) atoms. The van der Waals surface area contributed by atoms with Gasteiger partial charge >= 0.3 is 0 Å². The van der Waals surface area contributed by atoms with Crippen molar-refractivity contribution in [3.05, 3.63) is 213 Å². The molecule has 16 nitrogen and oxygen atoms in total. The minimum atomic E-state index is -0.357. The van der Waals surface area contributed by atoms with Gasteiger partial charge in [-0.2, -0.15) is 17.6 Å². The van der Waals surface area contributed by atoms with Crippen LogP contribution in [0.4, 0.5) is 17.6 Å². The van der Waals surface area contributed by atoms with Gasteiger partial charge in [0.15, 0.2) is 23.1 Å². The second-order valence-electron chi connectivity index (χ2n) is 31.3. The highest BCUT2D eigenvalue weighted by Gasteiger charge is 2.35. The quantitative estimate of drug-likeness (QED) is 0.0254. The Labute approximate surface area is 660 Å². The summed E-state index contributed by atoms with van der Waals surface area (Å²) >= 11 is 0. The average Bonchev–Trinajstić information content (AvgIpc) is 0.829. The van der Waals surface area contributed by atoms with E-state index in [0.29, 0.717) is 165 Å². The van der Waals surface area contributed by atoms with Crippen LogP contribution < -0.4 is 18.9 Å². The van der Waals surface area contributed by atoms with E-state index < -0.39 is 0 Å². The van der Waals surface area contributed by atoms with E-state index in [0.717, 1.165) is 151 Å². The van der Waals surface area contributed by atoms with Crippen LogP contribution in [0.15, 0.2) is 122 Å².